The Hall–Kier alpha value is -2.94. The third kappa shape index (κ3) is 12.1. The lowest BCUT2D eigenvalue weighted by Gasteiger charge is -2.29. The summed E-state index contributed by atoms with van der Waals surface area (Å²) in [6.07, 6.45) is 21.4. The standard InChI is InChI=1S/C46H69O3/c1-8-12-16-17-18-19-20-21-25-36(40-30-37(22-13-9-2)44(47)26-33(40)5)29-43(41-31-38(23-14-10-3)45(48)27-34(41)6)42-32-39(24-15-11-4)46(49)28-35(42)7/h26-28,30-32,36,47-49H,8-25,29H2,1-7H3. The zero-order valence-electron chi connectivity index (χ0n) is 32.3. The third-order valence-electron chi connectivity index (χ3n) is 10.7. The predicted octanol–water partition coefficient (Wildman–Crippen LogP) is 13.4. The minimum absolute atomic E-state index is 0.288. The lowest BCUT2D eigenvalue weighted by molar-refractivity contribution is 0.464. The number of aryl methyl sites for hydroxylation is 6. The van der Waals surface area contributed by atoms with Crippen molar-refractivity contribution in [2.45, 2.75) is 176 Å². The van der Waals surface area contributed by atoms with Crippen LogP contribution in [0, 0.1) is 26.7 Å². The van der Waals surface area contributed by atoms with Crippen molar-refractivity contribution >= 4 is 0 Å². The molecule has 0 spiro atoms. The molecule has 0 aliphatic rings. The molecule has 0 heterocycles. The van der Waals surface area contributed by atoms with E-state index in [1.807, 2.05) is 18.2 Å². The van der Waals surface area contributed by atoms with Crippen LogP contribution in [0.4, 0.5) is 0 Å². The van der Waals surface area contributed by atoms with Crippen molar-refractivity contribution in [2.24, 2.45) is 0 Å². The van der Waals surface area contributed by atoms with Gasteiger partial charge in [0.15, 0.2) is 0 Å². The Kier molecular flexibility index (Phi) is 17.6. The first kappa shape index (κ1) is 40.5. The number of unbranched alkanes of at least 4 members (excludes halogenated alkanes) is 10. The van der Waals surface area contributed by atoms with Gasteiger partial charge in [0.25, 0.3) is 0 Å². The van der Waals surface area contributed by atoms with Gasteiger partial charge in [0.05, 0.1) is 0 Å². The number of phenols is 3. The van der Waals surface area contributed by atoms with Gasteiger partial charge < -0.3 is 15.3 Å². The molecule has 0 saturated heterocycles. The number of hydrogen-bond acceptors (Lipinski definition) is 3. The Morgan fingerprint density at radius 3 is 1.31 bits per heavy atom. The molecule has 3 rings (SSSR count). The highest BCUT2D eigenvalue weighted by atomic mass is 16.3. The molecule has 271 valence electrons. The van der Waals surface area contributed by atoms with E-state index < -0.39 is 0 Å². The summed E-state index contributed by atoms with van der Waals surface area (Å²) in [6, 6.07) is 12.8. The summed E-state index contributed by atoms with van der Waals surface area (Å²) in [5.74, 6) is 2.80. The number of benzene rings is 3. The zero-order chi connectivity index (χ0) is 35.8. The van der Waals surface area contributed by atoms with Crippen LogP contribution in [0.1, 0.15) is 186 Å². The van der Waals surface area contributed by atoms with Crippen molar-refractivity contribution in [1.29, 1.82) is 0 Å². The minimum atomic E-state index is 0.288. The van der Waals surface area contributed by atoms with Gasteiger partial charge in [-0.1, -0.05) is 117 Å². The van der Waals surface area contributed by atoms with E-state index in [-0.39, 0.29) is 5.92 Å². The van der Waals surface area contributed by atoms with Gasteiger partial charge in [0, 0.05) is 5.92 Å². The molecule has 0 aliphatic heterocycles. The van der Waals surface area contributed by atoms with Crippen LogP contribution >= 0.6 is 0 Å². The molecular weight excluding hydrogens is 601 g/mol. The average Bonchev–Trinajstić information content (AvgIpc) is 3.07. The highest BCUT2D eigenvalue weighted by Gasteiger charge is 2.28. The fraction of sp³-hybridized carbons (Fsp3) is 0.587. The number of rotatable bonds is 23. The quantitative estimate of drug-likeness (QED) is 0.0881. The van der Waals surface area contributed by atoms with Crippen molar-refractivity contribution in [1.82, 2.24) is 0 Å². The molecule has 3 aromatic carbocycles. The molecule has 49 heavy (non-hydrogen) atoms. The summed E-state index contributed by atoms with van der Waals surface area (Å²) >= 11 is 0. The van der Waals surface area contributed by atoms with Gasteiger partial charge in [0.2, 0.25) is 0 Å². The molecule has 3 N–H and O–H groups in total. The van der Waals surface area contributed by atoms with Crippen LogP contribution in [0.5, 0.6) is 17.2 Å². The van der Waals surface area contributed by atoms with Gasteiger partial charge in [-0.25, -0.2) is 0 Å². The lowest BCUT2D eigenvalue weighted by atomic mass is 9.75. The van der Waals surface area contributed by atoms with E-state index in [2.05, 4.69) is 66.7 Å². The van der Waals surface area contributed by atoms with Gasteiger partial charge in [-0.15, -0.1) is 0 Å². The highest BCUT2D eigenvalue weighted by Crippen LogP contribution is 2.44. The van der Waals surface area contributed by atoms with Crippen molar-refractivity contribution in [2.75, 3.05) is 0 Å². The van der Waals surface area contributed by atoms with Crippen LogP contribution in [0.15, 0.2) is 36.4 Å². The summed E-state index contributed by atoms with van der Waals surface area (Å²) in [6.45, 7) is 15.3. The number of hydrogen-bond donors (Lipinski definition) is 3. The molecule has 1 atom stereocenters. The second-order valence-electron chi connectivity index (χ2n) is 14.9. The van der Waals surface area contributed by atoms with E-state index >= 15 is 0 Å². The van der Waals surface area contributed by atoms with E-state index in [0.717, 1.165) is 98.4 Å². The molecule has 3 nitrogen and oxygen atoms in total. The largest absolute Gasteiger partial charge is 0.508 e. The van der Waals surface area contributed by atoms with Crippen LogP contribution in [0.25, 0.3) is 0 Å². The second kappa shape index (κ2) is 21.3. The smallest absolute Gasteiger partial charge is 0.119 e. The molecule has 0 amide bonds. The van der Waals surface area contributed by atoms with Crippen molar-refractivity contribution in [3.05, 3.63) is 92.4 Å². The van der Waals surface area contributed by atoms with Crippen molar-refractivity contribution in [3.63, 3.8) is 0 Å². The van der Waals surface area contributed by atoms with Crippen LogP contribution in [-0.4, -0.2) is 15.3 Å². The Morgan fingerprint density at radius 2 is 0.857 bits per heavy atom. The molecular formula is C46H69O3. The fourth-order valence-corrected chi connectivity index (χ4v) is 7.53. The molecule has 3 aromatic rings. The maximum absolute atomic E-state index is 11.0. The molecule has 1 unspecified atom stereocenters. The molecule has 0 aromatic heterocycles. The van der Waals surface area contributed by atoms with E-state index in [4.69, 9.17) is 0 Å². The first-order valence-electron chi connectivity index (χ1n) is 20.0. The zero-order valence-corrected chi connectivity index (χ0v) is 32.3. The Labute approximate surface area is 300 Å². The van der Waals surface area contributed by atoms with Gasteiger partial charge in [-0.2, -0.15) is 0 Å². The molecule has 3 heteroatoms. The minimum Gasteiger partial charge on any atom is -0.508 e. The molecule has 0 aliphatic carbocycles. The molecule has 0 bridgehead atoms. The normalized spacial score (nSPS) is 12.2. The first-order valence-corrected chi connectivity index (χ1v) is 20.0. The van der Waals surface area contributed by atoms with Gasteiger partial charge >= 0.3 is 0 Å². The maximum atomic E-state index is 11.0. The predicted molar refractivity (Wildman–Crippen MR) is 210 cm³/mol. The molecule has 0 saturated carbocycles. The Balaban J connectivity index is 2.13. The van der Waals surface area contributed by atoms with E-state index in [1.165, 1.54) is 79.5 Å². The number of aromatic hydroxyl groups is 3. The second-order valence-corrected chi connectivity index (χ2v) is 14.9. The summed E-state index contributed by atoms with van der Waals surface area (Å²) in [5, 5.41) is 33.0. The Morgan fingerprint density at radius 1 is 0.469 bits per heavy atom. The van der Waals surface area contributed by atoms with Crippen LogP contribution in [0.2, 0.25) is 0 Å². The Bertz CT molecular complexity index is 1360. The monoisotopic (exact) mass is 670 g/mol. The highest BCUT2D eigenvalue weighted by molar-refractivity contribution is 5.58. The number of phenolic OH excluding ortho intramolecular Hbond substituents is 3. The van der Waals surface area contributed by atoms with E-state index in [1.54, 1.807) is 0 Å². The third-order valence-corrected chi connectivity index (χ3v) is 10.7. The van der Waals surface area contributed by atoms with Gasteiger partial charge in [0.1, 0.15) is 17.2 Å². The van der Waals surface area contributed by atoms with E-state index in [0.29, 0.717) is 17.2 Å². The van der Waals surface area contributed by atoms with Gasteiger partial charge in [-0.3, -0.25) is 0 Å². The molecule has 1 radical (unpaired) electrons. The fourth-order valence-electron chi connectivity index (χ4n) is 7.53. The van der Waals surface area contributed by atoms with Crippen molar-refractivity contribution < 1.29 is 15.3 Å². The summed E-state index contributed by atoms with van der Waals surface area (Å²) in [7, 11) is 0. The van der Waals surface area contributed by atoms with E-state index in [9.17, 15) is 15.3 Å². The average molecular weight is 670 g/mol. The maximum Gasteiger partial charge on any atom is 0.119 e. The molecule has 0 fully saturated rings. The van der Waals surface area contributed by atoms with Gasteiger partial charge in [-0.05, 0) is 146 Å². The van der Waals surface area contributed by atoms with Crippen LogP contribution < -0.4 is 0 Å². The SMILES string of the molecule is CCCCCCCCCCC(C[C](c1cc(CCCC)c(O)cc1C)c1cc(CCCC)c(O)cc1C)c1cc(CCCC)c(O)cc1C. The summed E-state index contributed by atoms with van der Waals surface area (Å²) in [4.78, 5) is 0. The van der Waals surface area contributed by atoms with Crippen LogP contribution in [-0.2, 0) is 19.3 Å². The first-order chi connectivity index (χ1) is 23.6. The lowest BCUT2D eigenvalue weighted by Crippen LogP contribution is -2.14. The summed E-state index contributed by atoms with van der Waals surface area (Å²) in [5.41, 5.74) is 10.2. The summed E-state index contributed by atoms with van der Waals surface area (Å²) < 4.78 is 0. The topological polar surface area (TPSA) is 60.7 Å². The van der Waals surface area contributed by atoms with Crippen molar-refractivity contribution in [3.8, 4) is 17.2 Å². The van der Waals surface area contributed by atoms with Crippen LogP contribution in [0.3, 0.4) is 0 Å².